The van der Waals surface area contributed by atoms with Gasteiger partial charge in [0.1, 0.15) is 5.82 Å². The zero-order chi connectivity index (χ0) is 21.5. The molecule has 0 saturated carbocycles. The van der Waals surface area contributed by atoms with Crippen LogP contribution in [-0.2, 0) is 17.8 Å². The van der Waals surface area contributed by atoms with Gasteiger partial charge in [0, 0.05) is 44.5 Å². The lowest BCUT2D eigenvalue weighted by Gasteiger charge is -2.31. The zero-order valence-electron chi connectivity index (χ0n) is 18.3. The number of carbonyl (C=O) groups excluding carboxylic acids is 1. The van der Waals surface area contributed by atoms with Crippen molar-refractivity contribution in [3.63, 3.8) is 0 Å². The number of hydrogen-bond acceptors (Lipinski definition) is 5. The topological polar surface area (TPSA) is 65.8 Å². The Labute approximate surface area is 178 Å². The van der Waals surface area contributed by atoms with E-state index in [9.17, 15) is 4.79 Å². The highest BCUT2D eigenvalue weighted by atomic mass is 16.5. The second kappa shape index (κ2) is 10.2. The summed E-state index contributed by atoms with van der Waals surface area (Å²) in [4.78, 5) is 19.0. The highest BCUT2D eigenvalue weighted by molar-refractivity contribution is 5.92. The van der Waals surface area contributed by atoms with Crippen molar-refractivity contribution in [2.24, 2.45) is 5.92 Å². The van der Waals surface area contributed by atoms with Crippen LogP contribution in [0.2, 0.25) is 0 Å². The SMILES string of the molecule is CCc1nccn1CC1CCN(C(=O)/C=C/c2cc(OC)c(OC)c(OC)c2)CC1. The van der Waals surface area contributed by atoms with Crippen LogP contribution in [0.4, 0.5) is 0 Å². The highest BCUT2D eigenvalue weighted by Gasteiger charge is 2.22. The largest absolute Gasteiger partial charge is 0.493 e. The summed E-state index contributed by atoms with van der Waals surface area (Å²) < 4.78 is 18.3. The van der Waals surface area contributed by atoms with Gasteiger partial charge in [0.2, 0.25) is 11.7 Å². The number of methoxy groups -OCH3 is 3. The number of likely N-dealkylation sites (tertiary alicyclic amines) is 1. The lowest BCUT2D eigenvalue weighted by Crippen LogP contribution is -2.38. The Bertz CT molecular complexity index is 857. The Balaban J connectivity index is 1.59. The number of piperidine rings is 1. The molecule has 1 fully saturated rings. The van der Waals surface area contributed by atoms with E-state index in [1.807, 2.05) is 23.2 Å². The minimum Gasteiger partial charge on any atom is -0.493 e. The summed E-state index contributed by atoms with van der Waals surface area (Å²) in [6.07, 6.45) is 10.3. The molecule has 2 heterocycles. The van der Waals surface area contributed by atoms with Gasteiger partial charge < -0.3 is 23.7 Å². The first kappa shape index (κ1) is 21.7. The average Bonchev–Trinajstić information content (AvgIpc) is 3.24. The Hall–Kier alpha value is -2.96. The molecule has 3 rings (SSSR count). The van der Waals surface area contributed by atoms with Crippen LogP contribution in [0.3, 0.4) is 0 Å². The monoisotopic (exact) mass is 413 g/mol. The van der Waals surface area contributed by atoms with Crippen LogP contribution in [0.1, 0.15) is 31.2 Å². The fourth-order valence-corrected chi connectivity index (χ4v) is 3.91. The molecule has 162 valence electrons. The van der Waals surface area contributed by atoms with Crippen molar-refractivity contribution < 1.29 is 19.0 Å². The normalized spacial score (nSPS) is 14.9. The van der Waals surface area contributed by atoms with Gasteiger partial charge in [-0.3, -0.25) is 4.79 Å². The maximum absolute atomic E-state index is 12.7. The fourth-order valence-electron chi connectivity index (χ4n) is 3.91. The number of hydrogen-bond donors (Lipinski definition) is 0. The fraction of sp³-hybridized carbons (Fsp3) is 0.478. The van der Waals surface area contributed by atoms with Gasteiger partial charge >= 0.3 is 0 Å². The minimum atomic E-state index is 0.0269. The molecule has 30 heavy (non-hydrogen) atoms. The first-order valence-corrected chi connectivity index (χ1v) is 10.4. The van der Waals surface area contributed by atoms with Gasteiger partial charge in [-0.05, 0) is 42.5 Å². The first-order chi connectivity index (χ1) is 14.6. The minimum absolute atomic E-state index is 0.0269. The molecule has 0 unspecified atom stereocenters. The molecule has 0 aliphatic carbocycles. The molecular weight excluding hydrogens is 382 g/mol. The van der Waals surface area contributed by atoms with E-state index in [1.54, 1.807) is 33.5 Å². The summed E-state index contributed by atoms with van der Waals surface area (Å²) in [5, 5.41) is 0. The number of ether oxygens (including phenoxy) is 3. The van der Waals surface area contributed by atoms with Gasteiger partial charge in [0.15, 0.2) is 11.5 Å². The van der Waals surface area contributed by atoms with Crippen molar-refractivity contribution in [1.82, 2.24) is 14.5 Å². The van der Waals surface area contributed by atoms with E-state index in [1.165, 1.54) is 0 Å². The Morgan fingerprint density at radius 2 is 1.80 bits per heavy atom. The van der Waals surface area contributed by atoms with Crippen LogP contribution in [0.5, 0.6) is 17.2 Å². The van der Waals surface area contributed by atoms with Crippen LogP contribution in [-0.4, -0.2) is 54.8 Å². The highest BCUT2D eigenvalue weighted by Crippen LogP contribution is 2.38. The molecule has 1 aromatic heterocycles. The standard InChI is InChI=1S/C23H31N3O4/c1-5-21-24-10-13-26(21)16-17-8-11-25(12-9-17)22(27)7-6-18-14-19(28-2)23(30-4)20(15-18)29-3/h6-7,10,13-15,17H,5,8-9,11-12,16H2,1-4H3/b7-6+. The molecular formula is C23H31N3O4. The van der Waals surface area contributed by atoms with Crippen LogP contribution < -0.4 is 14.2 Å². The van der Waals surface area contributed by atoms with Crippen molar-refractivity contribution in [3.05, 3.63) is 42.0 Å². The molecule has 1 aromatic carbocycles. The second-order valence-corrected chi connectivity index (χ2v) is 7.41. The predicted molar refractivity (Wildman–Crippen MR) is 116 cm³/mol. The molecule has 1 aliphatic heterocycles. The average molecular weight is 414 g/mol. The molecule has 0 bridgehead atoms. The number of aromatic nitrogens is 2. The van der Waals surface area contributed by atoms with Crippen molar-refractivity contribution in [3.8, 4) is 17.2 Å². The summed E-state index contributed by atoms with van der Waals surface area (Å²) in [6, 6.07) is 3.65. The molecule has 0 spiro atoms. The van der Waals surface area contributed by atoms with Gasteiger partial charge in [0.05, 0.1) is 21.3 Å². The van der Waals surface area contributed by atoms with Crippen molar-refractivity contribution >= 4 is 12.0 Å². The zero-order valence-corrected chi connectivity index (χ0v) is 18.3. The Kier molecular flexibility index (Phi) is 7.38. The first-order valence-electron chi connectivity index (χ1n) is 10.4. The molecule has 0 atom stereocenters. The Morgan fingerprint density at radius 3 is 2.37 bits per heavy atom. The van der Waals surface area contributed by atoms with Crippen molar-refractivity contribution in [2.45, 2.75) is 32.7 Å². The maximum Gasteiger partial charge on any atom is 0.246 e. The third-order valence-electron chi connectivity index (χ3n) is 5.60. The summed E-state index contributed by atoms with van der Waals surface area (Å²) in [6.45, 7) is 4.66. The lowest BCUT2D eigenvalue weighted by atomic mass is 9.96. The van der Waals surface area contributed by atoms with E-state index in [-0.39, 0.29) is 5.91 Å². The maximum atomic E-state index is 12.7. The summed E-state index contributed by atoms with van der Waals surface area (Å²) in [7, 11) is 4.72. The summed E-state index contributed by atoms with van der Waals surface area (Å²) in [5.41, 5.74) is 0.819. The second-order valence-electron chi connectivity index (χ2n) is 7.41. The van der Waals surface area contributed by atoms with Crippen molar-refractivity contribution in [1.29, 1.82) is 0 Å². The molecule has 1 amide bonds. The number of amides is 1. The number of imidazole rings is 1. The smallest absolute Gasteiger partial charge is 0.246 e. The summed E-state index contributed by atoms with van der Waals surface area (Å²) >= 11 is 0. The number of benzene rings is 1. The van der Waals surface area contributed by atoms with Gasteiger partial charge in [-0.15, -0.1) is 0 Å². The van der Waals surface area contributed by atoms with Gasteiger partial charge in [-0.1, -0.05) is 6.92 Å². The van der Waals surface area contributed by atoms with Crippen LogP contribution in [0.15, 0.2) is 30.6 Å². The van der Waals surface area contributed by atoms with Crippen LogP contribution in [0.25, 0.3) is 6.08 Å². The molecule has 1 saturated heterocycles. The molecule has 2 aromatic rings. The molecule has 0 radical (unpaired) electrons. The number of rotatable bonds is 8. The van der Waals surface area contributed by atoms with Gasteiger partial charge in [-0.25, -0.2) is 4.98 Å². The molecule has 0 N–H and O–H groups in total. The van der Waals surface area contributed by atoms with Crippen LogP contribution >= 0.6 is 0 Å². The van der Waals surface area contributed by atoms with Crippen molar-refractivity contribution in [2.75, 3.05) is 34.4 Å². The molecule has 7 heteroatoms. The van der Waals surface area contributed by atoms with E-state index >= 15 is 0 Å². The summed E-state index contributed by atoms with van der Waals surface area (Å²) in [5.74, 6) is 3.40. The predicted octanol–water partition coefficient (Wildman–Crippen LogP) is 3.42. The molecule has 7 nitrogen and oxygen atoms in total. The van der Waals surface area contributed by atoms with E-state index in [4.69, 9.17) is 14.2 Å². The lowest BCUT2D eigenvalue weighted by molar-refractivity contribution is -0.127. The quantitative estimate of drug-likeness (QED) is 0.621. The van der Waals surface area contributed by atoms with E-state index in [2.05, 4.69) is 22.7 Å². The van der Waals surface area contributed by atoms with E-state index in [0.29, 0.717) is 23.2 Å². The van der Waals surface area contributed by atoms with Gasteiger partial charge in [-0.2, -0.15) is 0 Å². The third kappa shape index (κ3) is 4.96. The number of nitrogens with zero attached hydrogens (tertiary/aromatic N) is 3. The van der Waals surface area contributed by atoms with Gasteiger partial charge in [0.25, 0.3) is 0 Å². The van der Waals surface area contributed by atoms with E-state index in [0.717, 1.165) is 50.3 Å². The molecule has 1 aliphatic rings. The van der Waals surface area contributed by atoms with Crippen LogP contribution in [0, 0.1) is 5.92 Å². The third-order valence-corrected chi connectivity index (χ3v) is 5.60. The Morgan fingerprint density at radius 1 is 1.13 bits per heavy atom. The van der Waals surface area contributed by atoms with E-state index < -0.39 is 0 Å². The number of carbonyl (C=O) groups is 1. The number of aryl methyl sites for hydroxylation is 1.